The molecule has 2 N–H and O–H groups in total. The van der Waals surface area contributed by atoms with E-state index < -0.39 is 5.97 Å². The fourth-order valence-electron chi connectivity index (χ4n) is 3.12. The smallest absolute Gasteiger partial charge is 0.335 e. The minimum Gasteiger partial charge on any atom is -0.478 e. The lowest BCUT2D eigenvalue weighted by molar-refractivity contribution is 0.0697. The van der Waals surface area contributed by atoms with E-state index in [1.807, 2.05) is 37.3 Å². The number of hydrogen-bond donors (Lipinski definition) is 2. The van der Waals surface area contributed by atoms with Crippen molar-refractivity contribution in [2.45, 2.75) is 19.9 Å². The first-order valence-corrected chi connectivity index (χ1v) is 8.32. The van der Waals surface area contributed by atoms with Crippen LogP contribution in [0.3, 0.4) is 0 Å². The van der Waals surface area contributed by atoms with Gasteiger partial charge in [0, 0.05) is 25.3 Å². The Balaban J connectivity index is 1.47. The molecular weight excluding hydrogens is 302 g/mol. The van der Waals surface area contributed by atoms with Crippen LogP contribution < -0.4 is 5.32 Å². The van der Waals surface area contributed by atoms with E-state index >= 15 is 0 Å². The van der Waals surface area contributed by atoms with E-state index in [0.29, 0.717) is 11.5 Å². The lowest BCUT2D eigenvalue weighted by Crippen LogP contribution is -2.22. The van der Waals surface area contributed by atoms with Gasteiger partial charge in [-0.05, 0) is 55.6 Å². The van der Waals surface area contributed by atoms with Gasteiger partial charge in [-0.3, -0.25) is 4.90 Å². The molecule has 0 saturated carbocycles. The number of pyridine rings is 1. The number of carboxylic acids is 1. The molecule has 0 spiro atoms. The van der Waals surface area contributed by atoms with E-state index in [1.54, 1.807) is 12.1 Å². The fraction of sp³-hybridized carbons (Fsp3) is 0.368. The second kappa shape index (κ2) is 7.45. The first kappa shape index (κ1) is 16.5. The molecular formula is C19H23N3O2. The van der Waals surface area contributed by atoms with E-state index in [2.05, 4.69) is 15.2 Å². The molecule has 0 aliphatic carbocycles. The number of nitrogens with one attached hydrogen (secondary N) is 1. The molecule has 5 nitrogen and oxygen atoms in total. The van der Waals surface area contributed by atoms with Gasteiger partial charge in [0.25, 0.3) is 0 Å². The summed E-state index contributed by atoms with van der Waals surface area (Å²) in [5.74, 6) is 0.682. The summed E-state index contributed by atoms with van der Waals surface area (Å²) in [6.07, 6.45) is 1.17. The van der Waals surface area contributed by atoms with Gasteiger partial charge in [-0.15, -0.1) is 0 Å². The first-order chi connectivity index (χ1) is 11.6. The van der Waals surface area contributed by atoms with Crippen molar-refractivity contribution in [1.82, 2.24) is 9.88 Å². The number of anilines is 1. The molecule has 1 atom stereocenters. The summed E-state index contributed by atoms with van der Waals surface area (Å²) in [5, 5.41) is 12.4. The van der Waals surface area contributed by atoms with E-state index in [4.69, 9.17) is 5.11 Å². The molecule has 3 rings (SSSR count). The molecule has 2 aromatic rings. The summed E-state index contributed by atoms with van der Waals surface area (Å²) in [7, 11) is 0. The quantitative estimate of drug-likeness (QED) is 0.854. The summed E-state index contributed by atoms with van der Waals surface area (Å²) >= 11 is 0. The molecule has 24 heavy (non-hydrogen) atoms. The minimum absolute atomic E-state index is 0.341. The summed E-state index contributed by atoms with van der Waals surface area (Å²) in [6.45, 7) is 5.94. The molecule has 1 aliphatic heterocycles. The normalized spacial score (nSPS) is 17.8. The molecule has 0 bridgehead atoms. The number of benzene rings is 1. The number of likely N-dealkylation sites (tertiary alicyclic amines) is 1. The number of aromatic carboxylic acids is 1. The SMILES string of the molecule is Cc1cccc(NCC2CCN(Cc3ccc(C(=O)O)cc3)C2)n1. The number of hydrogen-bond acceptors (Lipinski definition) is 4. The molecule has 1 unspecified atom stereocenters. The van der Waals surface area contributed by atoms with Crippen LogP contribution >= 0.6 is 0 Å². The third-order valence-corrected chi connectivity index (χ3v) is 4.44. The van der Waals surface area contributed by atoms with E-state index in [9.17, 15) is 4.79 Å². The van der Waals surface area contributed by atoms with Gasteiger partial charge in [-0.2, -0.15) is 0 Å². The predicted octanol–water partition coefficient (Wildman–Crippen LogP) is 3.02. The number of aryl methyl sites for hydroxylation is 1. The third-order valence-electron chi connectivity index (χ3n) is 4.44. The Morgan fingerprint density at radius 2 is 2.08 bits per heavy atom. The highest BCUT2D eigenvalue weighted by Crippen LogP contribution is 2.19. The number of nitrogens with zero attached hydrogens (tertiary/aromatic N) is 2. The summed E-state index contributed by atoms with van der Waals surface area (Å²) in [6, 6.07) is 13.2. The van der Waals surface area contributed by atoms with Crippen LogP contribution in [0.4, 0.5) is 5.82 Å². The zero-order chi connectivity index (χ0) is 16.9. The lowest BCUT2D eigenvalue weighted by atomic mass is 10.1. The predicted molar refractivity (Wildman–Crippen MR) is 94.2 cm³/mol. The van der Waals surface area contributed by atoms with Crippen molar-refractivity contribution >= 4 is 11.8 Å². The van der Waals surface area contributed by atoms with E-state index in [1.165, 1.54) is 6.42 Å². The Bertz CT molecular complexity index is 700. The van der Waals surface area contributed by atoms with Gasteiger partial charge in [0.2, 0.25) is 0 Å². The van der Waals surface area contributed by atoms with Gasteiger partial charge in [0.05, 0.1) is 5.56 Å². The maximum Gasteiger partial charge on any atom is 0.335 e. The van der Waals surface area contributed by atoms with Gasteiger partial charge >= 0.3 is 5.97 Å². The molecule has 1 aromatic carbocycles. The lowest BCUT2D eigenvalue weighted by Gasteiger charge is -2.16. The molecule has 1 aliphatic rings. The van der Waals surface area contributed by atoms with Crippen LogP contribution in [-0.2, 0) is 6.54 Å². The topological polar surface area (TPSA) is 65.5 Å². The van der Waals surface area contributed by atoms with Gasteiger partial charge in [-0.1, -0.05) is 18.2 Å². The van der Waals surface area contributed by atoms with Gasteiger partial charge in [0.1, 0.15) is 5.82 Å². The Labute approximate surface area is 142 Å². The van der Waals surface area contributed by atoms with Crippen molar-refractivity contribution in [3.8, 4) is 0 Å². The molecule has 5 heteroatoms. The molecule has 2 heterocycles. The molecule has 0 amide bonds. The van der Waals surface area contributed by atoms with Crippen LogP contribution in [0.1, 0.15) is 28.0 Å². The Hall–Kier alpha value is -2.40. The fourth-order valence-corrected chi connectivity index (χ4v) is 3.12. The molecule has 126 valence electrons. The highest BCUT2D eigenvalue weighted by atomic mass is 16.4. The van der Waals surface area contributed by atoms with Crippen LogP contribution in [0.2, 0.25) is 0 Å². The van der Waals surface area contributed by atoms with Gasteiger partial charge in [0.15, 0.2) is 0 Å². The average Bonchev–Trinajstić information content (AvgIpc) is 3.01. The van der Waals surface area contributed by atoms with Crippen molar-refractivity contribution in [2.24, 2.45) is 5.92 Å². The molecule has 1 aromatic heterocycles. The number of rotatable bonds is 6. The van der Waals surface area contributed by atoms with Crippen LogP contribution in [0.15, 0.2) is 42.5 Å². The Morgan fingerprint density at radius 3 is 2.79 bits per heavy atom. The highest BCUT2D eigenvalue weighted by Gasteiger charge is 2.22. The number of carbonyl (C=O) groups is 1. The standard InChI is InChI=1S/C19H23N3O2/c1-14-3-2-4-18(21-14)20-11-16-9-10-22(13-16)12-15-5-7-17(8-6-15)19(23)24/h2-8,16H,9-13H2,1H3,(H,20,21)(H,23,24). The van der Waals surface area contributed by atoms with Crippen molar-refractivity contribution in [2.75, 3.05) is 25.0 Å². The third kappa shape index (κ3) is 4.32. The zero-order valence-corrected chi connectivity index (χ0v) is 13.9. The van der Waals surface area contributed by atoms with Crippen molar-refractivity contribution in [1.29, 1.82) is 0 Å². The second-order valence-electron chi connectivity index (χ2n) is 6.44. The maximum absolute atomic E-state index is 10.9. The van der Waals surface area contributed by atoms with Crippen molar-refractivity contribution in [3.05, 3.63) is 59.3 Å². The molecule has 1 saturated heterocycles. The van der Waals surface area contributed by atoms with Crippen molar-refractivity contribution < 1.29 is 9.90 Å². The van der Waals surface area contributed by atoms with E-state index in [-0.39, 0.29) is 0 Å². The summed E-state index contributed by atoms with van der Waals surface area (Å²) < 4.78 is 0. The van der Waals surface area contributed by atoms with Crippen molar-refractivity contribution in [3.63, 3.8) is 0 Å². The van der Waals surface area contributed by atoms with Crippen LogP contribution in [-0.4, -0.2) is 40.6 Å². The minimum atomic E-state index is -0.876. The summed E-state index contributed by atoms with van der Waals surface area (Å²) in [4.78, 5) is 17.8. The number of carboxylic acid groups (broad SMARTS) is 1. The highest BCUT2D eigenvalue weighted by molar-refractivity contribution is 5.87. The van der Waals surface area contributed by atoms with Crippen LogP contribution in [0.25, 0.3) is 0 Å². The zero-order valence-electron chi connectivity index (χ0n) is 13.9. The van der Waals surface area contributed by atoms with Gasteiger partial charge in [-0.25, -0.2) is 9.78 Å². The van der Waals surface area contributed by atoms with Crippen LogP contribution in [0.5, 0.6) is 0 Å². The number of aromatic nitrogens is 1. The first-order valence-electron chi connectivity index (χ1n) is 8.32. The second-order valence-corrected chi connectivity index (χ2v) is 6.44. The molecule has 0 radical (unpaired) electrons. The van der Waals surface area contributed by atoms with E-state index in [0.717, 1.165) is 43.3 Å². The Morgan fingerprint density at radius 1 is 1.29 bits per heavy atom. The maximum atomic E-state index is 10.9. The molecule has 1 fully saturated rings. The monoisotopic (exact) mass is 325 g/mol. The average molecular weight is 325 g/mol. The largest absolute Gasteiger partial charge is 0.478 e. The van der Waals surface area contributed by atoms with Crippen LogP contribution in [0, 0.1) is 12.8 Å². The summed E-state index contributed by atoms with van der Waals surface area (Å²) in [5.41, 5.74) is 2.53. The Kier molecular flexibility index (Phi) is 5.11. The van der Waals surface area contributed by atoms with Gasteiger partial charge < -0.3 is 10.4 Å².